The van der Waals surface area contributed by atoms with Gasteiger partial charge in [0.05, 0.1) is 23.7 Å². The Bertz CT molecular complexity index is 2470. The van der Waals surface area contributed by atoms with Crippen LogP contribution in [-0.2, 0) is 0 Å². The number of nitrogens with one attached hydrogen (secondary N) is 1. The van der Waals surface area contributed by atoms with Gasteiger partial charge >= 0.3 is 0 Å². The summed E-state index contributed by atoms with van der Waals surface area (Å²) >= 11 is 0. The molecule has 0 radical (unpaired) electrons. The van der Waals surface area contributed by atoms with Crippen molar-refractivity contribution in [2.45, 2.75) is 6.92 Å². The molecular weight excluding hydrogens is 534 g/mol. The number of nitrogens with zero attached hydrogens (tertiary/aromatic N) is 2. The van der Waals surface area contributed by atoms with E-state index in [1.165, 1.54) is 53.9 Å². The van der Waals surface area contributed by atoms with E-state index in [4.69, 9.17) is 4.99 Å². The number of hydrogen-bond acceptors (Lipinski definition) is 2. The molecule has 208 valence electrons. The topological polar surface area (TPSA) is 27.6 Å². The first-order valence-corrected chi connectivity index (χ1v) is 15.1. The predicted molar refractivity (Wildman–Crippen MR) is 188 cm³/mol. The lowest BCUT2D eigenvalue weighted by Gasteiger charge is -2.21. The first-order chi connectivity index (χ1) is 21.6. The maximum Gasteiger partial charge on any atom is 0.142 e. The lowest BCUT2D eigenvalue weighted by atomic mass is 9.89. The molecule has 0 unspecified atom stereocenters. The Morgan fingerprint density at radius 3 is 2.39 bits per heavy atom. The van der Waals surface area contributed by atoms with Gasteiger partial charge < -0.3 is 10.2 Å². The van der Waals surface area contributed by atoms with Crippen molar-refractivity contribution in [1.29, 1.82) is 0 Å². The van der Waals surface area contributed by atoms with Crippen molar-refractivity contribution in [2.24, 2.45) is 4.99 Å². The zero-order valence-electron chi connectivity index (χ0n) is 24.4. The minimum atomic E-state index is 0.658. The molecule has 0 saturated heterocycles. The van der Waals surface area contributed by atoms with Gasteiger partial charge in [0, 0.05) is 5.56 Å². The molecule has 0 aromatic heterocycles. The molecule has 0 amide bonds. The third-order valence-electron chi connectivity index (χ3n) is 9.18. The van der Waals surface area contributed by atoms with Crippen molar-refractivity contribution in [1.82, 2.24) is 0 Å². The van der Waals surface area contributed by atoms with E-state index in [0.29, 0.717) is 6.67 Å². The molecule has 9 rings (SSSR count). The van der Waals surface area contributed by atoms with Gasteiger partial charge in [-0.2, -0.15) is 0 Å². The van der Waals surface area contributed by atoms with E-state index in [9.17, 15) is 0 Å². The number of allylic oxidation sites excluding steroid dienone is 1. The number of para-hydroxylation sites is 2. The van der Waals surface area contributed by atoms with E-state index in [2.05, 4.69) is 151 Å². The largest absolute Gasteiger partial charge is 0.366 e. The Balaban J connectivity index is 1.24. The normalized spacial score (nSPS) is 14.2. The van der Waals surface area contributed by atoms with E-state index in [0.717, 1.165) is 39.6 Å². The van der Waals surface area contributed by atoms with Crippen molar-refractivity contribution in [3.05, 3.63) is 149 Å². The lowest BCUT2D eigenvalue weighted by molar-refractivity contribution is 1.13. The van der Waals surface area contributed by atoms with Gasteiger partial charge in [-0.3, -0.25) is 0 Å². The standard InChI is InChI=1S/C41H29N3/c1-25-20-30-14-15-32(22-33(30)21-25)41(44-24-42-36-8-3-4-9-38(36)44)43-37-23-31(11-10-26(37)2)34-18-16-29-13-12-27-6-5-7-28-17-19-35(34)40(29)39(27)28/h3-23,42H,1,24H2,2H3. The smallest absolute Gasteiger partial charge is 0.142 e. The average Bonchev–Trinajstić information content (AvgIpc) is 3.65. The second-order valence-electron chi connectivity index (χ2n) is 11.9. The zero-order chi connectivity index (χ0) is 29.4. The highest BCUT2D eigenvalue weighted by molar-refractivity contribution is 6.25. The number of rotatable bonds is 3. The molecule has 1 heterocycles. The van der Waals surface area contributed by atoms with Gasteiger partial charge in [-0.1, -0.05) is 97.6 Å². The highest BCUT2D eigenvalue weighted by atomic mass is 15.3. The van der Waals surface area contributed by atoms with Crippen LogP contribution in [0.2, 0.25) is 0 Å². The maximum atomic E-state index is 5.46. The van der Waals surface area contributed by atoms with Crippen molar-refractivity contribution in [2.75, 3.05) is 16.9 Å². The van der Waals surface area contributed by atoms with Crippen molar-refractivity contribution in [3.8, 4) is 11.1 Å². The summed E-state index contributed by atoms with van der Waals surface area (Å²) in [7, 11) is 0. The van der Waals surface area contributed by atoms with E-state index in [1.807, 2.05) is 0 Å². The van der Waals surface area contributed by atoms with Crippen LogP contribution in [0.1, 0.15) is 11.1 Å². The van der Waals surface area contributed by atoms with Gasteiger partial charge in [-0.15, -0.1) is 0 Å². The fraction of sp³-hybridized carbons (Fsp3) is 0.0488. The lowest BCUT2D eigenvalue weighted by Crippen LogP contribution is -2.33. The van der Waals surface area contributed by atoms with Crippen LogP contribution in [0.4, 0.5) is 17.1 Å². The van der Waals surface area contributed by atoms with Gasteiger partial charge in [-0.25, -0.2) is 4.99 Å². The number of anilines is 2. The average molecular weight is 564 g/mol. The quantitative estimate of drug-likeness (QED) is 0.132. The second kappa shape index (κ2) is 9.42. The number of hydrogen-bond donors (Lipinski definition) is 1. The minimum absolute atomic E-state index is 0.658. The van der Waals surface area contributed by atoms with Gasteiger partial charge in [0.1, 0.15) is 5.84 Å². The molecule has 2 aliphatic rings. The first-order valence-electron chi connectivity index (χ1n) is 15.1. The summed E-state index contributed by atoms with van der Waals surface area (Å²) in [4.78, 5) is 7.74. The van der Waals surface area contributed by atoms with E-state index in [1.54, 1.807) is 0 Å². The Morgan fingerprint density at radius 1 is 0.727 bits per heavy atom. The molecule has 0 atom stereocenters. The third-order valence-corrected chi connectivity index (χ3v) is 9.18. The summed E-state index contributed by atoms with van der Waals surface area (Å²) in [6.07, 6.45) is 4.28. The van der Waals surface area contributed by atoms with Crippen LogP contribution < -0.4 is 20.7 Å². The Labute approximate surface area is 255 Å². The van der Waals surface area contributed by atoms with Gasteiger partial charge in [0.15, 0.2) is 0 Å². The number of aryl methyl sites for hydroxylation is 1. The summed E-state index contributed by atoms with van der Waals surface area (Å²) in [6, 6.07) is 41.9. The number of benzene rings is 7. The monoisotopic (exact) mass is 563 g/mol. The Hall–Kier alpha value is -5.67. The molecule has 0 bridgehead atoms. The van der Waals surface area contributed by atoms with Gasteiger partial charge in [0.25, 0.3) is 0 Å². The number of aliphatic imine (C=N–C) groups is 1. The molecule has 0 saturated carbocycles. The molecular formula is C41H29N3. The molecule has 3 heteroatoms. The number of fused-ring (bicyclic) bond motifs is 2. The molecule has 0 fully saturated rings. The third kappa shape index (κ3) is 3.79. The second-order valence-corrected chi connectivity index (χ2v) is 11.9. The summed E-state index contributed by atoms with van der Waals surface area (Å²) < 4.78 is 0. The molecule has 1 N–H and O–H groups in total. The molecule has 3 nitrogen and oxygen atoms in total. The SMILES string of the molecule is C=C1C=c2ccc(C(=Nc3cc(-c4ccc5ccc6cccc7ccc4c5c67)ccc3C)N3CNc4ccccc43)cc2=C1. The van der Waals surface area contributed by atoms with E-state index in [-0.39, 0.29) is 0 Å². The van der Waals surface area contributed by atoms with Gasteiger partial charge in [0.2, 0.25) is 0 Å². The summed E-state index contributed by atoms with van der Waals surface area (Å²) in [5, 5.41) is 13.7. The minimum Gasteiger partial charge on any atom is -0.366 e. The number of amidine groups is 1. The molecule has 1 aliphatic heterocycles. The molecule has 7 aromatic carbocycles. The van der Waals surface area contributed by atoms with Crippen molar-refractivity contribution < 1.29 is 0 Å². The molecule has 7 aromatic rings. The van der Waals surface area contributed by atoms with Crippen LogP contribution in [0.5, 0.6) is 0 Å². The van der Waals surface area contributed by atoms with E-state index < -0.39 is 0 Å². The van der Waals surface area contributed by atoms with Crippen LogP contribution in [0, 0.1) is 6.92 Å². The maximum absolute atomic E-state index is 5.46. The van der Waals surface area contributed by atoms with E-state index >= 15 is 0 Å². The highest BCUT2D eigenvalue weighted by Gasteiger charge is 2.24. The summed E-state index contributed by atoms with van der Waals surface area (Å²) in [5.41, 5.74) is 8.85. The molecule has 1 aliphatic carbocycles. The highest BCUT2D eigenvalue weighted by Crippen LogP contribution is 2.40. The fourth-order valence-corrected chi connectivity index (χ4v) is 6.99. The van der Waals surface area contributed by atoms with Crippen LogP contribution in [0.15, 0.2) is 132 Å². The van der Waals surface area contributed by atoms with Crippen LogP contribution >= 0.6 is 0 Å². The Kier molecular flexibility index (Phi) is 5.33. The summed E-state index contributed by atoms with van der Waals surface area (Å²) in [5.74, 6) is 0.923. The fourth-order valence-electron chi connectivity index (χ4n) is 6.99. The summed E-state index contributed by atoms with van der Waals surface area (Å²) in [6.45, 7) is 6.96. The first kappa shape index (κ1) is 24.9. The van der Waals surface area contributed by atoms with Crippen LogP contribution in [-0.4, -0.2) is 12.5 Å². The van der Waals surface area contributed by atoms with Crippen LogP contribution in [0.25, 0.3) is 55.6 Å². The van der Waals surface area contributed by atoms with Crippen LogP contribution in [0.3, 0.4) is 0 Å². The van der Waals surface area contributed by atoms with Crippen molar-refractivity contribution in [3.63, 3.8) is 0 Å². The molecule has 0 spiro atoms. The zero-order valence-corrected chi connectivity index (χ0v) is 24.4. The van der Waals surface area contributed by atoms with Crippen molar-refractivity contribution >= 4 is 67.4 Å². The Morgan fingerprint density at radius 2 is 1.50 bits per heavy atom. The molecule has 44 heavy (non-hydrogen) atoms. The predicted octanol–water partition coefficient (Wildman–Crippen LogP) is 8.66. The van der Waals surface area contributed by atoms with Gasteiger partial charge in [-0.05, 0) is 108 Å².